The molecule has 3 nitrogen and oxygen atoms in total. The van der Waals surface area contributed by atoms with Gasteiger partial charge in [-0.15, -0.1) is 0 Å². The van der Waals surface area contributed by atoms with E-state index in [1.807, 2.05) is 6.92 Å². The third-order valence-corrected chi connectivity index (χ3v) is 1.80. The fourth-order valence-corrected chi connectivity index (χ4v) is 1.01. The molecule has 76 valence electrons. The van der Waals surface area contributed by atoms with Gasteiger partial charge >= 0.3 is 0 Å². The van der Waals surface area contributed by atoms with Crippen LogP contribution >= 0.6 is 0 Å². The number of nitrogens with two attached hydrogens (primary N) is 1. The maximum Gasteiger partial charge on any atom is 0.251 e. The number of halogens is 1. The molecule has 0 atom stereocenters. The van der Waals surface area contributed by atoms with Crippen molar-refractivity contribution in [2.75, 3.05) is 12.3 Å². The van der Waals surface area contributed by atoms with E-state index in [9.17, 15) is 9.18 Å². The van der Waals surface area contributed by atoms with Crippen LogP contribution in [0.25, 0.3) is 0 Å². The number of benzene rings is 1. The number of hydrogen-bond acceptors (Lipinski definition) is 2. The lowest BCUT2D eigenvalue weighted by Gasteiger charge is -2.04. The van der Waals surface area contributed by atoms with Crippen LogP contribution in [0, 0.1) is 5.82 Å². The molecule has 0 bridgehead atoms. The molecule has 1 aromatic carbocycles. The van der Waals surface area contributed by atoms with Crippen molar-refractivity contribution in [2.24, 2.45) is 0 Å². The van der Waals surface area contributed by atoms with Crippen LogP contribution in [0.3, 0.4) is 0 Å². The summed E-state index contributed by atoms with van der Waals surface area (Å²) in [6, 6.07) is 4.03. The Morgan fingerprint density at radius 1 is 1.57 bits per heavy atom. The van der Waals surface area contributed by atoms with E-state index in [1.54, 1.807) is 0 Å². The first-order valence-corrected chi connectivity index (χ1v) is 4.48. The van der Waals surface area contributed by atoms with E-state index in [0.29, 0.717) is 12.1 Å². The first-order valence-electron chi connectivity index (χ1n) is 4.48. The Morgan fingerprint density at radius 3 is 2.86 bits per heavy atom. The Labute approximate surface area is 82.1 Å². The summed E-state index contributed by atoms with van der Waals surface area (Å²) in [5.74, 6) is -0.833. The minimum atomic E-state index is -0.561. The normalized spacial score (nSPS) is 9.86. The highest BCUT2D eigenvalue weighted by Crippen LogP contribution is 2.11. The van der Waals surface area contributed by atoms with Gasteiger partial charge in [-0.2, -0.15) is 0 Å². The molecular formula is C10H13FN2O. The Hall–Kier alpha value is -1.58. The molecule has 0 radical (unpaired) electrons. The predicted molar refractivity (Wildman–Crippen MR) is 53.4 cm³/mol. The number of anilines is 1. The van der Waals surface area contributed by atoms with Crippen molar-refractivity contribution < 1.29 is 9.18 Å². The quantitative estimate of drug-likeness (QED) is 0.720. The molecule has 0 aliphatic carbocycles. The molecule has 0 aromatic heterocycles. The molecule has 1 aromatic rings. The number of nitrogens with one attached hydrogen (secondary N) is 1. The van der Waals surface area contributed by atoms with Crippen molar-refractivity contribution in [3.05, 3.63) is 29.6 Å². The lowest BCUT2D eigenvalue weighted by Crippen LogP contribution is -2.24. The highest BCUT2D eigenvalue weighted by molar-refractivity contribution is 5.94. The van der Waals surface area contributed by atoms with Crippen molar-refractivity contribution in [1.29, 1.82) is 0 Å². The maximum absolute atomic E-state index is 13.0. The number of amides is 1. The van der Waals surface area contributed by atoms with Crippen molar-refractivity contribution >= 4 is 11.6 Å². The molecule has 14 heavy (non-hydrogen) atoms. The van der Waals surface area contributed by atoms with E-state index in [0.717, 1.165) is 12.5 Å². The highest BCUT2D eigenvalue weighted by Gasteiger charge is 2.06. The van der Waals surface area contributed by atoms with Gasteiger partial charge in [0.1, 0.15) is 5.82 Å². The van der Waals surface area contributed by atoms with Crippen molar-refractivity contribution in [3.63, 3.8) is 0 Å². The summed E-state index contributed by atoms with van der Waals surface area (Å²) in [6.45, 7) is 2.54. The summed E-state index contributed by atoms with van der Waals surface area (Å²) < 4.78 is 13.0. The van der Waals surface area contributed by atoms with Gasteiger partial charge in [-0.3, -0.25) is 4.79 Å². The lowest BCUT2D eigenvalue weighted by atomic mass is 10.2. The minimum absolute atomic E-state index is 0.0528. The van der Waals surface area contributed by atoms with E-state index < -0.39 is 5.82 Å². The van der Waals surface area contributed by atoms with Crippen molar-refractivity contribution in [1.82, 2.24) is 5.32 Å². The second kappa shape index (κ2) is 4.60. The Morgan fingerprint density at radius 2 is 2.29 bits per heavy atom. The fourth-order valence-electron chi connectivity index (χ4n) is 1.01. The average molecular weight is 196 g/mol. The number of carbonyl (C=O) groups is 1. The molecule has 0 aliphatic rings. The van der Waals surface area contributed by atoms with Gasteiger partial charge in [0, 0.05) is 12.1 Å². The Balaban J connectivity index is 2.76. The Kier molecular flexibility index (Phi) is 3.45. The smallest absolute Gasteiger partial charge is 0.251 e. The number of nitrogen functional groups attached to an aromatic ring is 1. The summed E-state index contributed by atoms with van der Waals surface area (Å²) in [6.07, 6.45) is 0.850. The van der Waals surface area contributed by atoms with Gasteiger partial charge in [0.2, 0.25) is 0 Å². The molecule has 0 saturated heterocycles. The molecule has 1 amide bonds. The number of rotatable bonds is 3. The van der Waals surface area contributed by atoms with Gasteiger partial charge < -0.3 is 11.1 Å². The largest absolute Gasteiger partial charge is 0.396 e. The van der Waals surface area contributed by atoms with Crippen LogP contribution in [0.5, 0.6) is 0 Å². The van der Waals surface area contributed by atoms with E-state index in [-0.39, 0.29) is 11.6 Å². The zero-order valence-electron chi connectivity index (χ0n) is 8.01. The summed E-state index contributed by atoms with van der Waals surface area (Å²) in [5.41, 5.74) is 5.63. The molecular weight excluding hydrogens is 183 g/mol. The molecule has 1 rings (SSSR count). The monoisotopic (exact) mass is 196 g/mol. The van der Waals surface area contributed by atoms with Crippen LogP contribution in [0.15, 0.2) is 18.2 Å². The molecule has 0 fully saturated rings. The standard InChI is InChI=1S/C10H13FN2O/c1-2-5-13-10(14)7-3-4-9(12)8(11)6-7/h3-4,6H,2,5,12H2,1H3,(H,13,14). The zero-order chi connectivity index (χ0) is 10.6. The molecule has 4 heteroatoms. The van der Waals surface area contributed by atoms with Gasteiger partial charge in [-0.05, 0) is 24.6 Å². The van der Waals surface area contributed by atoms with Crippen molar-refractivity contribution in [2.45, 2.75) is 13.3 Å². The average Bonchev–Trinajstić information content (AvgIpc) is 2.18. The fraction of sp³-hybridized carbons (Fsp3) is 0.300. The van der Waals surface area contributed by atoms with Crippen LogP contribution in [-0.4, -0.2) is 12.5 Å². The highest BCUT2D eigenvalue weighted by atomic mass is 19.1. The minimum Gasteiger partial charge on any atom is -0.396 e. The molecule has 0 aliphatic heterocycles. The summed E-state index contributed by atoms with van der Waals surface area (Å²) in [5, 5.41) is 2.65. The van der Waals surface area contributed by atoms with E-state index in [4.69, 9.17) is 5.73 Å². The zero-order valence-corrected chi connectivity index (χ0v) is 8.01. The third kappa shape index (κ3) is 2.45. The second-order valence-electron chi connectivity index (χ2n) is 2.99. The van der Waals surface area contributed by atoms with Gasteiger partial charge in [0.15, 0.2) is 0 Å². The molecule has 0 saturated carbocycles. The number of carbonyl (C=O) groups excluding carboxylic acids is 1. The molecule has 0 heterocycles. The van der Waals surface area contributed by atoms with Gasteiger partial charge in [-0.25, -0.2) is 4.39 Å². The van der Waals surface area contributed by atoms with Gasteiger partial charge in [0.25, 0.3) is 5.91 Å². The van der Waals surface area contributed by atoms with Crippen LogP contribution < -0.4 is 11.1 Å². The van der Waals surface area contributed by atoms with E-state index in [2.05, 4.69) is 5.32 Å². The second-order valence-corrected chi connectivity index (χ2v) is 2.99. The van der Waals surface area contributed by atoms with Crippen LogP contribution in [-0.2, 0) is 0 Å². The van der Waals surface area contributed by atoms with Crippen LogP contribution in [0.1, 0.15) is 23.7 Å². The molecule has 3 N–H and O–H groups in total. The summed E-state index contributed by atoms with van der Waals surface area (Å²) >= 11 is 0. The number of hydrogen-bond donors (Lipinski definition) is 2. The van der Waals surface area contributed by atoms with E-state index >= 15 is 0 Å². The van der Waals surface area contributed by atoms with Crippen LogP contribution in [0.4, 0.5) is 10.1 Å². The van der Waals surface area contributed by atoms with Crippen LogP contribution in [0.2, 0.25) is 0 Å². The molecule has 0 spiro atoms. The maximum atomic E-state index is 13.0. The predicted octanol–water partition coefficient (Wildman–Crippen LogP) is 1.55. The summed E-state index contributed by atoms with van der Waals surface area (Å²) in [7, 11) is 0. The lowest BCUT2D eigenvalue weighted by molar-refractivity contribution is 0.0953. The molecule has 0 unspecified atom stereocenters. The van der Waals surface area contributed by atoms with Crippen molar-refractivity contribution in [3.8, 4) is 0 Å². The topological polar surface area (TPSA) is 55.1 Å². The van der Waals surface area contributed by atoms with E-state index in [1.165, 1.54) is 12.1 Å². The third-order valence-electron chi connectivity index (χ3n) is 1.80. The van der Waals surface area contributed by atoms with Gasteiger partial charge in [-0.1, -0.05) is 6.92 Å². The first kappa shape index (κ1) is 10.5. The van der Waals surface area contributed by atoms with Gasteiger partial charge in [0.05, 0.1) is 5.69 Å². The summed E-state index contributed by atoms with van der Waals surface area (Å²) in [4.78, 5) is 11.3. The SMILES string of the molecule is CCCNC(=O)c1ccc(N)c(F)c1. The first-order chi connectivity index (χ1) is 6.65. The Bertz CT molecular complexity index is 339.